The topological polar surface area (TPSA) is 104 Å². The summed E-state index contributed by atoms with van der Waals surface area (Å²) in [5, 5.41) is 17.1. The second-order valence-corrected chi connectivity index (χ2v) is 3.66. The van der Waals surface area contributed by atoms with Crippen LogP contribution in [-0.2, 0) is 19.1 Å². The third-order valence-electron chi connectivity index (χ3n) is 1.96. The smallest absolute Gasteiger partial charge is 0.323 e. The van der Waals surface area contributed by atoms with E-state index in [1.165, 1.54) is 21.0 Å². The molecule has 92 valence electrons. The molecule has 0 saturated heterocycles. The highest BCUT2D eigenvalue weighted by atomic mass is 16.5. The molecule has 0 bridgehead atoms. The van der Waals surface area contributed by atoms with Gasteiger partial charge in [-0.15, -0.1) is 0 Å². The van der Waals surface area contributed by atoms with Gasteiger partial charge < -0.3 is 19.8 Å². The summed E-state index contributed by atoms with van der Waals surface area (Å²) in [5.74, 6) is -3.23. The maximum Gasteiger partial charge on any atom is 0.323 e. The zero-order chi connectivity index (χ0) is 12.9. The monoisotopic (exact) mass is 233 g/mol. The molecule has 0 aromatic rings. The highest BCUT2D eigenvalue weighted by Crippen LogP contribution is 2.12. The number of carbonyl (C=O) groups is 3. The van der Waals surface area contributed by atoms with Gasteiger partial charge in [0.15, 0.2) is 0 Å². The molecule has 0 aliphatic carbocycles. The van der Waals surface area contributed by atoms with Crippen LogP contribution in [0.2, 0.25) is 0 Å². The van der Waals surface area contributed by atoms with Crippen LogP contribution < -0.4 is 0 Å². The minimum atomic E-state index is -1.28. The van der Waals surface area contributed by atoms with Gasteiger partial charge in [-0.05, 0) is 13.8 Å². The van der Waals surface area contributed by atoms with Gasteiger partial charge in [0.05, 0.1) is 0 Å². The molecule has 7 nitrogen and oxygen atoms in total. The molecule has 16 heavy (non-hydrogen) atoms. The third kappa shape index (κ3) is 4.26. The number of aliphatic carboxylic acids is 2. The maximum absolute atomic E-state index is 11.7. The molecule has 0 aliphatic heterocycles. The zero-order valence-electron chi connectivity index (χ0n) is 9.39. The lowest BCUT2D eigenvalue weighted by molar-refractivity contribution is -0.159. The van der Waals surface area contributed by atoms with E-state index >= 15 is 0 Å². The summed E-state index contributed by atoms with van der Waals surface area (Å²) in [6, 6.07) is 0. The normalized spacial score (nSPS) is 10.9. The molecule has 7 heteroatoms. The first-order chi connectivity index (χ1) is 7.20. The van der Waals surface area contributed by atoms with E-state index in [2.05, 4.69) is 0 Å². The zero-order valence-corrected chi connectivity index (χ0v) is 9.39. The van der Waals surface area contributed by atoms with E-state index in [0.717, 1.165) is 0 Å². The minimum Gasteiger partial charge on any atom is -0.480 e. The summed E-state index contributed by atoms with van der Waals surface area (Å²) in [6.45, 7) is 1.54. The van der Waals surface area contributed by atoms with Crippen LogP contribution in [0.3, 0.4) is 0 Å². The van der Waals surface area contributed by atoms with Crippen molar-refractivity contribution in [1.29, 1.82) is 0 Å². The van der Waals surface area contributed by atoms with Crippen LogP contribution >= 0.6 is 0 Å². The van der Waals surface area contributed by atoms with E-state index in [1.54, 1.807) is 0 Å². The number of hydrogen-bond acceptors (Lipinski definition) is 4. The Kier molecular flexibility index (Phi) is 4.90. The van der Waals surface area contributed by atoms with Gasteiger partial charge in [-0.3, -0.25) is 14.4 Å². The molecule has 2 N–H and O–H groups in total. The van der Waals surface area contributed by atoms with Crippen molar-refractivity contribution in [3.63, 3.8) is 0 Å². The van der Waals surface area contributed by atoms with Crippen molar-refractivity contribution >= 4 is 17.8 Å². The van der Waals surface area contributed by atoms with Crippen LogP contribution in [0, 0.1) is 0 Å². The number of ether oxygens (including phenoxy) is 1. The molecule has 0 aliphatic rings. The van der Waals surface area contributed by atoms with E-state index < -0.39 is 36.5 Å². The molecule has 0 rings (SSSR count). The van der Waals surface area contributed by atoms with Gasteiger partial charge in [-0.1, -0.05) is 0 Å². The molecular weight excluding hydrogens is 218 g/mol. The molecule has 0 unspecified atom stereocenters. The van der Waals surface area contributed by atoms with Gasteiger partial charge in [0.1, 0.15) is 18.7 Å². The first-order valence-electron chi connectivity index (χ1n) is 4.49. The number of amides is 1. The van der Waals surface area contributed by atoms with E-state index in [-0.39, 0.29) is 0 Å². The molecule has 0 aromatic heterocycles. The van der Waals surface area contributed by atoms with Gasteiger partial charge >= 0.3 is 11.9 Å². The number of carboxylic acid groups (broad SMARTS) is 2. The van der Waals surface area contributed by atoms with Crippen LogP contribution in [0.1, 0.15) is 13.8 Å². The molecule has 0 radical (unpaired) electrons. The minimum absolute atomic E-state index is 0.669. The van der Waals surface area contributed by atoms with E-state index in [0.29, 0.717) is 4.90 Å². The Labute approximate surface area is 92.6 Å². The number of carboxylic acids is 2. The average molecular weight is 233 g/mol. The Hall–Kier alpha value is -1.63. The predicted octanol–water partition coefficient (Wildman–Crippen LogP) is -0.591. The standard InChI is InChI=1S/C9H15NO6/c1-9(2,16-3)8(15)10(4-6(11)12)5-7(13)14/h4-5H2,1-3H3,(H,11,12)(H,13,14). The number of rotatable bonds is 6. The molecular formula is C9H15NO6. The van der Waals surface area contributed by atoms with Gasteiger partial charge in [-0.25, -0.2) is 0 Å². The summed E-state index contributed by atoms with van der Waals surface area (Å²) >= 11 is 0. The van der Waals surface area contributed by atoms with Crippen LogP contribution in [0.5, 0.6) is 0 Å². The number of carbonyl (C=O) groups excluding carboxylic acids is 1. The predicted molar refractivity (Wildman–Crippen MR) is 52.9 cm³/mol. The molecule has 0 spiro atoms. The fourth-order valence-electron chi connectivity index (χ4n) is 0.994. The van der Waals surface area contributed by atoms with Crippen LogP contribution in [0.4, 0.5) is 0 Å². The molecule has 0 heterocycles. The molecule has 0 aromatic carbocycles. The number of methoxy groups -OCH3 is 1. The second kappa shape index (κ2) is 5.45. The van der Waals surface area contributed by atoms with Gasteiger partial charge in [0.25, 0.3) is 5.91 Å². The van der Waals surface area contributed by atoms with Crippen molar-refractivity contribution in [2.45, 2.75) is 19.4 Å². The quantitative estimate of drug-likeness (QED) is 0.635. The summed E-state index contributed by atoms with van der Waals surface area (Å²) in [5.41, 5.74) is -1.25. The molecule has 0 saturated carbocycles. The highest BCUT2D eigenvalue weighted by molar-refractivity contribution is 5.90. The maximum atomic E-state index is 11.7. The molecule has 0 atom stereocenters. The summed E-state index contributed by atoms with van der Waals surface area (Å²) in [4.78, 5) is 33.4. The fraction of sp³-hybridized carbons (Fsp3) is 0.667. The van der Waals surface area contributed by atoms with E-state index in [9.17, 15) is 14.4 Å². The van der Waals surface area contributed by atoms with E-state index in [4.69, 9.17) is 14.9 Å². The summed E-state index contributed by atoms with van der Waals surface area (Å²) in [6.07, 6.45) is 0. The Balaban J connectivity index is 4.81. The molecule has 1 amide bonds. The second-order valence-electron chi connectivity index (χ2n) is 3.66. The van der Waals surface area contributed by atoms with Crippen LogP contribution in [0.25, 0.3) is 0 Å². The number of hydrogen-bond donors (Lipinski definition) is 2. The Morgan fingerprint density at radius 1 is 1.12 bits per heavy atom. The third-order valence-corrected chi connectivity index (χ3v) is 1.96. The van der Waals surface area contributed by atoms with Crippen molar-refractivity contribution < 1.29 is 29.3 Å². The van der Waals surface area contributed by atoms with Gasteiger partial charge in [0, 0.05) is 7.11 Å². The summed E-state index contributed by atoms with van der Waals surface area (Å²) in [7, 11) is 1.29. The SMILES string of the molecule is COC(C)(C)C(=O)N(CC(=O)O)CC(=O)O. The lowest BCUT2D eigenvalue weighted by Crippen LogP contribution is -2.50. The average Bonchev–Trinajstić information content (AvgIpc) is 2.14. The fourth-order valence-corrected chi connectivity index (χ4v) is 0.994. The Morgan fingerprint density at radius 3 is 1.75 bits per heavy atom. The van der Waals surface area contributed by atoms with E-state index in [1.807, 2.05) is 0 Å². The highest BCUT2D eigenvalue weighted by Gasteiger charge is 2.33. The van der Waals surface area contributed by atoms with Crippen molar-refractivity contribution in [3.8, 4) is 0 Å². The van der Waals surface area contributed by atoms with Crippen molar-refractivity contribution in [3.05, 3.63) is 0 Å². The number of nitrogens with zero attached hydrogens (tertiary/aromatic N) is 1. The van der Waals surface area contributed by atoms with Crippen LogP contribution in [0.15, 0.2) is 0 Å². The van der Waals surface area contributed by atoms with Crippen molar-refractivity contribution in [1.82, 2.24) is 4.90 Å². The van der Waals surface area contributed by atoms with Gasteiger partial charge in [0.2, 0.25) is 0 Å². The first-order valence-corrected chi connectivity index (χ1v) is 4.49. The Morgan fingerprint density at radius 2 is 1.50 bits per heavy atom. The summed E-state index contributed by atoms with van der Waals surface area (Å²) < 4.78 is 4.87. The first kappa shape index (κ1) is 14.4. The lowest BCUT2D eigenvalue weighted by atomic mass is 10.1. The van der Waals surface area contributed by atoms with Crippen molar-refractivity contribution in [2.75, 3.05) is 20.2 Å². The van der Waals surface area contributed by atoms with Crippen LogP contribution in [-0.4, -0.2) is 58.8 Å². The largest absolute Gasteiger partial charge is 0.480 e. The van der Waals surface area contributed by atoms with Crippen molar-refractivity contribution in [2.24, 2.45) is 0 Å². The lowest BCUT2D eigenvalue weighted by Gasteiger charge is -2.28. The molecule has 0 fully saturated rings. The Bertz CT molecular complexity index is 282. The van der Waals surface area contributed by atoms with Gasteiger partial charge in [-0.2, -0.15) is 0 Å².